The van der Waals surface area contributed by atoms with Gasteiger partial charge < -0.3 is 10.4 Å². The van der Waals surface area contributed by atoms with Gasteiger partial charge in [-0.15, -0.1) is 11.3 Å². The second kappa shape index (κ2) is 5.99. The van der Waals surface area contributed by atoms with Crippen LogP contribution in [0.1, 0.15) is 47.7 Å². The highest BCUT2D eigenvalue weighted by Crippen LogP contribution is 2.24. The molecule has 6 heteroatoms. The fourth-order valence-corrected chi connectivity index (χ4v) is 2.79. The average molecular weight is 307 g/mol. The molecular formula is C15H21N3O2S. The number of nitrogens with one attached hydrogen (secondary N) is 1. The standard InChI is InChI=1S/C15H21N3O2S/c1-10(2)11-8-12(18(4)17-11)14(19)16-9-15(3,20)13-6-5-7-21-13/h5-8,10,20H,9H2,1-4H3,(H,16,19). The summed E-state index contributed by atoms with van der Waals surface area (Å²) in [6.07, 6.45) is 0. The van der Waals surface area contributed by atoms with E-state index in [9.17, 15) is 9.90 Å². The van der Waals surface area contributed by atoms with Crippen LogP contribution in [0, 0.1) is 0 Å². The van der Waals surface area contributed by atoms with Crippen molar-refractivity contribution in [1.82, 2.24) is 15.1 Å². The largest absolute Gasteiger partial charge is 0.383 e. The normalized spacial score (nSPS) is 14.2. The molecule has 2 aromatic heterocycles. The Morgan fingerprint density at radius 3 is 2.81 bits per heavy atom. The van der Waals surface area contributed by atoms with Gasteiger partial charge in [0.05, 0.1) is 12.2 Å². The van der Waals surface area contributed by atoms with Crippen molar-refractivity contribution in [3.05, 3.63) is 39.8 Å². The first-order valence-electron chi connectivity index (χ1n) is 6.90. The first-order chi connectivity index (χ1) is 9.81. The van der Waals surface area contributed by atoms with Gasteiger partial charge >= 0.3 is 0 Å². The summed E-state index contributed by atoms with van der Waals surface area (Å²) in [5.41, 5.74) is 0.317. The molecule has 2 heterocycles. The number of nitrogens with zero attached hydrogens (tertiary/aromatic N) is 2. The van der Waals surface area contributed by atoms with Crippen LogP contribution in [0.4, 0.5) is 0 Å². The highest BCUT2D eigenvalue weighted by Gasteiger charge is 2.26. The predicted molar refractivity (Wildman–Crippen MR) is 83.5 cm³/mol. The van der Waals surface area contributed by atoms with Crippen LogP contribution in [-0.4, -0.2) is 27.3 Å². The SMILES string of the molecule is CC(C)c1cc(C(=O)NCC(C)(O)c2cccs2)n(C)n1. The fraction of sp³-hybridized carbons (Fsp3) is 0.467. The lowest BCUT2D eigenvalue weighted by molar-refractivity contribution is 0.0554. The minimum absolute atomic E-state index is 0.161. The van der Waals surface area contributed by atoms with Gasteiger partial charge in [0.2, 0.25) is 0 Å². The van der Waals surface area contributed by atoms with E-state index in [1.165, 1.54) is 11.3 Å². The zero-order valence-corrected chi connectivity index (χ0v) is 13.6. The molecule has 1 atom stereocenters. The van der Waals surface area contributed by atoms with Crippen LogP contribution in [0.5, 0.6) is 0 Å². The minimum Gasteiger partial charge on any atom is -0.383 e. The Kier molecular flexibility index (Phi) is 4.49. The lowest BCUT2D eigenvalue weighted by Gasteiger charge is -2.22. The van der Waals surface area contributed by atoms with E-state index in [0.717, 1.165) is 10.6 Å². The molecule has 0 fully saturated rings. The Bertz CT molecular complexity index is 615. The van der Waals surface area contributed by atoms with Crippen molar-refractivity contribution in [3.63, 3.8) is 0 Å². The number of aromatic nitrogens is 2. The molecule has 0 aliphatic heterocycles. The summed E-state index contributed by atoms with van der Waals surface area (Å²) >= 11 is 1.47. The monoisotopic (exact) mass is 307 g/mol. The van der Waals surface area contributed by atoms with Gasteiger partial charge in [-0.1, -0.05) is 19.9 Å². The topological polar surface area (TPSA) is 67.2 Å². The Morgan fingerprint density at radius 2 is 2.29 bits per heavy atom. The second-order valence-corrected chi connectivity index (χ2v) is 6.61. The van der Waals surface area contributed by atoms with E-state index >= 15 is 0 Å². The third-order valence-electron chi connectivity index (χ3n) is 3.37. The van der Waals surface area contributed by atoms with E-state index in [1.54, 1.807) is 24.7 Å². The molecule has 21 heavy (non-hydrogen) atoms. The molecule has 0 saturated heterocycles. The fourth-order valence-electron chi connectivity index (χ4n) is 2.00. The zero-order chi connectivity index (χ0) is 15.6. The summed E-state index contributed by atoms with van der Waals surface area (Å²) in [4.78, 5) is 13.1. The van der Waals surface area contributed by atoms with Crippen LogP contribution in [0.2, 0.25) is 0 Å². The number of thiophene rings is 1. The third-order valence-corrected chi connectivity index (χ3v) is 4.49. The number of aryl methyl sites for hydroxylation is 1. The molecule has 2 rings (SSSR count). The molecule has 1 unspecified atom stereocenters. The van der Waals surface area contributed by atoms with Crippen LogP contribution in [0.3, 0.4) is 0 Å². The highest BCUT2D eigenvalue weighted by molar-refractivity contribution is 7.10. The summed E-state index contributed by atoms with van der Waals surface area (Å²) in [5, 5.41) is 19.4. The number of carbonyl (C=O) groups excluding carboxylic acids is 1. The van der Waals surface area contributed by atoms with E-state index in [4.69, 9.17) is 0 Å². The van der Waals surface area contributed by atoms with E-state index in [-0.39, 0.29) is 18.4 Å². The third kappa shape index (κ3) is 3.51. The van der Waals surface area contributed by atoms with Crippen molar-refractivity contribution in [1.29, 1.82) is 0 Å². The van der Waals surface area contributed by atoms with Crippen LogP contribution >= 0.6 is 11.3 Å². The minimum atomic E-state index is -1.07. The molecule has 114 valence electrons. The summed E-state index contributed by atoms with van der Waals surface area (Å²) in [6.45, 7) is 5.92. The molecule has 1 amide bonds. The van der Waals surface area contributed by atoms with Gasteiger partial charge in [0.25, 0.3) is 5.91 Å². The molecule has 0 spiro atoms. The zero-order valence-electron chi connectivity index (χ0n) is 12.8. The van der Waals surface area contributed by atoms with Crippen molar-refractivity contribution in [2.24, 2.45) is 7.05 Å². The van der Waals surface area contributed by atoms with Crippen LogP contribution in [-0.2, 0) is 12.6 Å². The summed E-state index contributed by atoms with van der Waals surface area (Å²) in [6, 6.07) is 5.53. The van der Waals surface area contributed by atoms with Crippen LogP contribution in [0.25, 0.3) is 0 Å². The predicted octanol–water partition coefficient (Wildman–Crippen LogP) is 2.24. The van der Waals surface area contributed by atoms with Crippen molar-refractivity contribution in [2.75, 3.05) is 6.54 Å². The van der Waals surface area contributed by atoms with Gasteiger partial charge in [-0.2, -0.15) is 5.10 Å². The first kappa shape index (κ1) is 15.7. The molecular weight excluding hydrogens is 286 g/mol. The molecule has 0 radical (unpaired) electrons. The molecule has 0 saturated carbocycles. The number of hydrogen-bond acceptors (Lipinski definition) is 4. The number of aliphatic hydroxyl groups is 1. The van der Waals surface area contributed by atoms with Gasteiger partial charge in [0, 0.05) is 11.9 Å². The van der Waals surface area contributed by atoms with E-state index in [0.29, 0.717) is 5.69 Å². The molecule has 0 bridgehead atoms. The van der Waals surface area contributed by atoms with E-state index < -0.39 is 5.60 Å². The maximum atomic E-state index is 12.2. The van der Waals surface area contributed by atoms with Gasteiger partial charge in [-0.05, 0) is 30.4 Å². The van der Waals surface area contributed by atoms with Gasteiger partial charge in [0.15, 0.2) is 0 Å². The van der Waals surface area contributed by atoms with Crippen molar-refractivity contribution in [3.8, 4) is 0 Å². The highest BCUT2D eigenvalue weighted by atomic mass is 32.1. The van der Waals surface area contributed by atoms with Crippen molar-refractivity contribution < 1.29 is 9.90 Å². The maximum Gasteiger partial charge on any atom is 0.269 e. The molecule has 0 aliphatic rings. The first-order valence-corrected chi connectivity index (χ1v) is 7.77. The second-order valence-electron chi connectivity index (χ2n) is 5.67. The number of amides is 1. The maximum absolute atomic E-state index is 12.2. The van der Waals surface area contributed by atoms with E-state index in [2.05, 4.69) is 10.4 Å². The molecule has 0 aromatic carbocycles. The number of rotatable bonds is 5. The average Bonchev–Trinajstić information content (AvgIpc) is 3.05. The molecule has 0 aliphatic carbocycles. The van der Waals surface area contributed by atoms with Crippen LogP contribution in [0.15, 0.2) is 23.6 Å². The molecule has 2 N–H and O–H groups in total. The van der Waals surface area contributed by atoms with Gasteiger partial charge in [-0.3, -0.25) is 9.48 Å². The Labute approximate surface area is 128 Å². The summed E-state index contributed by atoms with van der Waals surface area (Å²) in [7, 11) is 1.75. The quantitative estimate of drug-likeness (QED) is 0.890. The summed E-state index contributed by atoms with van der Waals surface area (Å²) < 4.78 is 1.57. The van der Waals surface area contributed by atoms with Gasteiger partial charge in [-0.25, -0.2) is 0 Å². The molecule has 5 nitrogen and oxygen atoms in total. The van der Waals surface area contributed by atoms with Crippen molar-refractivity contribution in [2.45, 2.75) is 32.3 Å². The van der Waals surface area contributed by atoms with Crippen LogP contribution < -0.4 is 5.32 Å². The van der Waals surface area contributed by atoms with Gasteiger partial charge in [0.1, 0.15) is 11.3 Å². The van der Waals surface area contributed by atoms with Crippen molar-refractivity contribution >= 4 is 17.2 Å². The Morgan fingerprint density at radius 1 is 1.57 bits per heavy atom. The number of hydrogen-bond donors (Lipinski definition) is 2. The molecule has 2 aromatic rings. The summed E-state index contributed by atoms with van der Waals surface area (Å²) in [5.74, 6) is 0.0423. The lowest BCUT2D eigenvalue weighted by Crippen LogP contribution is -2.38. The smallest absolute Gasteiger partial charge is 0.269 e. The van der Waals surface area contributed by atoms with E-state index in [1.807, 2.05) is 31.4 Å². The Balaban J connectivity index is 2.05. The lowest BCUT2D eigenvalue weighted by atomic mass is 10.1. The number of carbonyl (C=O) groups is 1. The Hall–Kier alpha value is -1.66.